The standard InChI is InChI=1S/C13H15N3O/c1-10(17)11-3-2-4-12(7-11)16-9-13-8-14-5-6-15-13/h2-8,10,16-17H,9H2,1H3. The molecule has 17 heavy (non-hydrogen) atoms. The van der Waals surface area contributed by atoms with E-state index in [0.717, 1.165) is 16.9 Å². The van der Waals surface area contributed by atoms with Gasteiger partial charge in [0.1, 0.15) is 0 Å². The third-order valence-corrected chi connectivity index (χ3v) is 2.46. The SMILES string of the molecule is CC(O)c1cccc(NCc2cnccn2)c1. The van der Waals surface area contributed by atoms with Crippen molar-refractivity contribution in [2.45, 2.75) is 19.6 Å². The second kappa shape index (κ2) is 5.41. The van der Waals surface area contributed by atoms with Crippen LogP contribution in [-0.4, -0.2) is 15.1 Å². The van der Waals surface area contributed by atoms with E-state index in [4.69, 9.17) is 0 Å². The quantitative estimate of drug-likeness (QED) is 0.843. The molecule has 0 fully saturated rings. The lowest BCUT2D eigenvalue weighted by Crippen LogP contribution is -2.02. The van der Waals surface area contributed by atoms with Crippen LogP contribution in [0.5, 0.6) is 0 Å². The smallest absolute Gasteiger partial charge is 0.0777 e. The fourth-order valence-electron chi connectivity index (χ4n) is 1.52. The highest BCUT2D eigenvalue weighted by atomic mass is 16.3. The Labute approximate surface area is 100 Å². The zero-order valence-corrected chi connectivity index (χ0v) is 9.67. The highest BCUT2D eigenvalue weighted by Gasteiger charge is 2.01. The summed E-state index contributed by atoms with van der Waals surface area (Å²) >= 11 is 0. The first-order chi connectivity index (χ1) is 8.25. The molecule has 0 spiro atoms. The van der Waals surface area contributed by atoms with Gasteiger partial charge in [0.25, 0.3) is 0 Å². The summed E-state index contributed by atoms with van der Waals surface area (Å²) in [7, 11) is 0. The number of nitrogens with one attached hydrogen (secondary N) is 1. The van der Waals surface area contributed by atoms with E-state index in [9.17, 15) is 5.11 Å². The monoisotopic (exact) mass is 229 g/mol. The van der Waals surface area contributed by atoms with Crippen LogP contribution < -0.4 is 5.32 Å². The average molecular weight is 229 g/mol. The van der Waals surface area contributed by atoms with Gasteiger partial charge in [-0.3, -0.25) is 9.97 Å². The summed E-state index contributed by atoms with van der Waals surface area (Å²) < 4.78 is 0. The number of hydrogen-bond acceptors (Lipinski definition) is 4. The third-order valence-electron chi connectivity index (χ3n) is 2.46. The van der Waals surface area contributed by atoms with Gasteiger partial charge in [-0.25, -0.2) is 0 Å². The highest BCUT2D eigenvalue weighted by Crippen LogP contribution is 2.17. The summed E-state index contributed by atoms with van der Waals surface area (Å²) in [6, 6.07) is 7.71. The van der Waals surface area contributed by atoms with Gasteiger partial charge in [0, 0.05) is 18.1 Å². The maximum atomic E-state index is 9.48. The summed E-state index contributed by atoms with van der Waals surface area (Å²) in [5.74, 6) is 0. The van der Waals surface area contributed by atoms with Crippen molar-refractivity contribution in [2.24, 2.45) is 0 Å². The van der Waals surface area contributed by atoms with Gasteiger partial charge >= 0.3 is 0 Å². The number of rotatable bonds is 4. The molecule has 1 atom stereocenters. The fourth-order valence-corrected chi connectivity index (χ4v) is 1.52. The minimum absolute atomic E-state index is 0.451. The van der Waals surface area contributed by atoms with E-state index in [1.54, 1.807) is 25.5 Å². The molecule has 0 radical (unpaired) electrons. The van der Waals surface area contributed by atoms with Crippen molar-refractivity contribution in [3.05, 3.63) is 54.1 Å². The number of anilines is 1. The van der Waals surface area contributed by atoms with Gasteiger partial charge in [-0.05, 0) is 24.6 Å². The number of hydrogen-bond donors (Lipinski definition) is 2. The second-order valence-corrected chi connectivity index (χ2v) is 3.85. The number of aliphatic hydroxyl groups excluding tert-OH is 1. The van der Waals surface area contributed by atoms with Crippen LogP contribution >= 0.6 is 0 Å². The van der Waals surface area contributed by atoms with E-state index in [2.05, 4.69) is 15.3 Å². The molecule has 0 amide bonds. The van der Waals surface area contributed by atoms with Crippen molar-refractivity contribution in [3.8, 4) is 0 Å². The average Bonchev–Trinajstić information content (AvgIpc) is 2.38. The van der Waals surface area contributed by atoms with Crippen LogP contribution in [0.1, 0.15) is 24.3 Å². The van der Waals surface area contributed by atoms with Crippen LogP contribution in [0.3, 0.4) is 0 Å². The second-order valence-electron chi connectivity index (χ2n) is 3.85. The molecular weight excluding hydrogens is 214 g/mol. The molecule has 0 aliphatic heterocycles. The van der Waals surface area contributed by atoms with Crippen molar-refractivity contribution in [3.63, 3.8) is 0 Å². The predicted octanol–water partition coefficient (Wildman–Crippen LogP) is 2.14. The van der Waals surface area contributed by atoms with Gasteiger partial charge in [0.15, 0.2) is 0 Å². The molecule has 1 aromatic heterocycles. The molecule has 0 aliphatic rings. The van der Waals surface area contributed by atoms with E-state index in [1.807, 2.05) is 24.3 Å². The molecule has 0 saturated heterocycles. The Bertz CT molecular complexity index is 471. The molecule has 88 valence electrons. The Morgan fingerprint density at radius 1 is 1.35 bits per heavy atom. The first-order valence-corrected chi connectivity index (χ1v) is 5.52. The maximum Gasteiger partial charge on any atom is 0.0777 e. The normalized spacial score (nSPS) is 12.1. The Balaban J connectivity index is 2.02. The number of aliphatic hydroxyl groups is 1. The lowest BCUT2D eigenvalue weighted by molar-refractivity contribution is 0.199. The first-order valence-electron chi connectivity index (χ1n) is 5.52. The largest absolute Gasteiger partial charge is 0.389 e. The van der Waals surface area contributed by atoms with Crippen LogP contribution in [0.2, 0.25) is 0 Å². The molecule has 2 rings (SSSR count). The minimum atomic E-state index is -0.451. The van der Waals surface area contributed by atoms with Gasteiger partial charge in [-0.1, -0.05) is 12.1 Å². The molecule has 0 bridgehead atoms. The molecule has 1 aromatic carbocycles. The van der Waals surface area contributed by atoms with Gasteiger partial charge in [0.05, 0.1) is 24.5 Å². The van der Waals surface area contributed by atoms with Crippen molar-refractivity contribution < 1.29 is 5.11 Å². The summed E-state index contributed by atoms with van der Waals surface area (Å²) in [6.07, 6.45) is 4.60. The molecule has 1 unspecified atom stereocenters. The zero-order valence-electron chi connectivity index (χ0n) is 9.67. The number of aromatic nitrogens is 2. The van der Waals surface area contributed by atoms with Crippen LogP contribution in [0.4, 0.5) is 5.69 Å². The molecule has 4 nitrogen and oxygen atoms in total. The molecule has 2 N–H and O–H groups in total. The zero-order chi connectivity index (χ0) is 12.1. The molecule has 0 aliphatic carbocycles. The minimum Gasteiger partial charge on any atom is -0.389 e. The summed E-state index contributed by atoms with van der Waals surface area (Å²) in [4.78, 5) is 8.18. The van der Waals surface area contributed by atoms with E-state index in [-0.39, 0.29) is 0 Å². The lowest BCUT2D eigenvalue weighted by Gasteiger charge is -2.09. The number of benzene rings is 1. The molecule has 2 aromatic rings. The molecule has 4 heteroatoms. The van der Waals surface area contributed by atoms with Crippen molar-refractivity contribution in [2.75, 3.05) is 5.32 Å². The highest BCUT2D eigenvalue weighted by molar-refractivity contribution is 5.46. The van der Waals surface area contributed by atoms with Crippen molar-refractivity contribution in [1.82, 2.24) is 9.97 Å². The fraction of sp³-hybridized carbons (Fsp3) is 0.231. The predicted molar refractivity (Wildman–Crippen MR) is 66.4 cm³/mol. The van der Waals surface area contributed by atoms with Gasteiger partial charge in [0.2, 0.25) is 0 Å². The van der Waals surface area contributed by atoms with E-state index in [1.165, 1.54) is 0 Å². The topological polar surface area (TPSA) is 58.0 Å². The Hall–Kier alpha value is -1.94. The summed E-state index contributed by atoms with van der Waals surface area (Å²) in [6.45, 7) is 2.37. The third kappa shape index (κ3) is 3.26. The van der Waals surface area contributed by atoms with Gasteiger partial charge in [-0.2, -0.15) is 0 Å². The molecule has 0 saturated carbocycles. The maximum absolute atomic E-state index is 9.48. The van der Waals surface area contributed by atoms with Gasteiger partial charge < -0.3 is 10.4 Å². The Morgan fingerprint density at radius 3 is 2.94 bits per heavy atom. The Kier molecular flexibility index (Phi) is 3.67. The van der Waals surface area contributed by atoms with Crippen LogP contribution in [0.15, 0.2) is 42.9 Å². The van der Waals surface area contributed by atoms with E-state index >= 15 is 0 Å². The van der Waals surface area contributed by atoms with Crippen LogP contribution in [0, 0.1) is 0 Å². The number of nitrogens with zero attached hydrogens (tertiary/aromatic N) is 2. The molecule has 1 heterocycles. The van der Waals surface area contributed by atoms with Crippen LogP contribution in [-0.2, 0) is 6.54 Å². The summed E-state index contributed by atoms with van der Waals surface area (Å²) in [5, 5.41) is 12.7. The van der Waals surface area contributed by atoms with Crippen molar-refractivity contribution in [1.29, 1.82) is 0 Å². The van der Waals surface area contributed by atoms with E-state index < -0.39 is 6.10 Å². The van der Waals surface area contributed by atoms with Crippen molar-refractivity contribution >= 4 is 5.69 Å². The first kappa shape index (κ1) is 11.5. The van der Waals surface area contributed by atoms with Gasteiger partial charge in [-0.15, -0.1) is 0 Å². The summed E-state index contributed by atoms with van der Waals surface area (Å²) in [5.41, 5.74) is 2.75. The lowest BCUT2D eigenvalue weighted by atomic mass is 10.1. The molecular formula is C13H15N3O. The van der Waals surface area contributed by atoms with Crippen LogP contribution in [0.25, 0.3) is 0 Å². The van der Waals surface area contributed by atoms with E-state index in [0.29, 0.717) is 6.54 Å². The Morgan fingerprint density at radius 2 is 2.24 bits per heavy atom.